The van der Waals surface area contributed by atoms with Gasteiger partial charge in [0.2, 0.25) is 12.0 Å². The smallest absolute Gasteiger partial charge is 0.330 e. The molecule has 3 aromatic carbocycles. The van der Waals surface area contributed by atoms with Gasteiger partial charge in [-0.25, -0.2) is 4.79 Å². The number of aliphatic hydroxyl groups excluding tert-OH is 3. The van der Waals surface area contributed by atoms with E-state index in [1.54, 1.807) is 12.1 Å². The summed E-state index contributed by atoms with van der Waals surface area (Å²) in [6.07, 6.45) is -5.71. The van der Waals surface area contributed by atoms with E-state index < -0.39 is 54.5 Å². The van der Waals surface area contributed by atoms with Gasteiger partial charge in [-0.15, -0.1) is 0 Å². The summed E-state index contributed by atoms with van der Waals surface area (Å²) in [5.74, 6) is -1.79. The van der Waals surface area contributed by atoms with Crippen LogP contribution in [0.2, 0.25) is 0 Å². The van der Waals surface area contributed by atoms with Crippen molar-refractivity contribution in [3.8, 4) is 40.1 Å². The number of aromatic hydroxyl groups is 3. The van der Waals surface area contributed by atoms with Gasteiger partial charge in [-0.1, -0.05) is 12.1 Å². The van der Waals surface area contributed by atoms with Gasteiger partial charge < -0.3 is 54.0 Å². The Hall–Kier alpha value is -5.08. The lowest BCUT2D eigenvalue weighted by Gasteiger charge is -2.40. The van der Waals surface area contributed by atoms with Crippen LogP contribution in [0.3, 0.4) is 0 Å². The molecule has 1 aliphatic heterocycles. The Morgan fingerprint density at radius 2 is 1.57 bits per heavy atom. The van der Waals surface area contributed by atoms with Gasteiger partial charge in [-0.2, -0.15) is 0 Å². The summed E-state index contributed by atoms with van der Waals surface area (Å²) in [4.78, 5) is 25.2. The van der Waals surface area contributed by atoms with Crippen molar-refractivity contribution in [2.24, 2.45) is 0 Å². The average molecular weight is 609 g/mol. The molecule has 0 saturated carbocycles. The lowest BCUT2D eigenvalue weighted by atomic mass is 9.99. The largest absolute Gasteiger partial charge is 0.508 e. The summed E-state index contributed by atoms with van der Waals surface area (Å²) >= 11 is 0. The van der Waals surface area contributed by atoms with Crippen LogP contribution in [-0.4, -0.2) is 81.0 Å². The van der Waals surface area contributed by atoms with Crippen molar-refractivity contribution in [2.45, 2.75) is 30.7 Å². The highest BCUT2D eigenvalue weighted by atomic mass is 16.7. The Bertz CT molecular complexity index is 1730. The molecule has 0 unspecified atom stereocenters. The first-order valence-electron chi connectivity index (χ1n) is 13.2. The summed E-state index contributed by atoms with van der Waals surface area (Å²) in [6.45, 7) is -0.533. The van der Waals surface area contributed by atoms with Gasteiger partial charge in [-0.05, 0) is 48.0 Å². The maximum Gasteiger partial charge on any atom is 0.330 e. The summed E-state index contributed by atoms with van der Waals surface area (Å²) in [6, 6.07) is 14.3. The Balaban J connectivity index is 1.37. The summed E-state index contributed by atoms with van der Waals surface area (Å²) in [5, 5.41) is 61.1. The van der Waals surface area contributed by atoms with Crippen LogP contribution in [0, 0.1) is 0 Å². The quantitative estimate of drug-likeness (QED) is 0.125. The number of esters is 1. The monoisotopic (exact) mass is 608 g/mol. The number of fused-ring (bicyclic) bond motifs is 1. The molecular weight excluding hydrogens is 580 g/mol. The van der Waals surface area contributed by atoms with Crippen LogP contribution in [0.25, 0.3) is 28.4 Å². The van der Waals surface area contributed by atoms with Crippen molar-refractivity contribution in [2.75, 3.05) is 13.7 Å². The molecule has 5 atom stereocenters. The third-order valence-electron chi connectivity index (χ3n) is 6.88. The van der Waals surface area contributed by atoms with E-state index in [0.29, 0.717) is 11.1 Å². The molecule has 1 saturated heterocycles. The Morgan fingerprint density at radius 3 is 2.23 bits per heavy atom. The Morgan fingerprint density at radius 1 is 0.909 bits per heavy atom. The highest BCUT2D eigenvalue weighted by molar-refractivity contribution is 5.89. The molecule has 0 amide bonds. The lowest BCUT2D eigenvalue weighted by Crippen LogP contribution is -2.60. The Labute approximate surface area is 249 Å². The number of benzene rings is 3. The van der Waals surface area contributed by atoms with Crippen molar-refractivity contribution in [3.05, 3.63) is 82.5 Å². The summed E-state index contributed by atoms with van der Waals surface area (Å²) in [5.41, 5.74) is 0.341. The predicted molar refractivity (Wildman–Crippen MR) is 153 cm³/mol. The third kappa shape index (κ3) is 6.31. The Kier molecular flexibility index (Phi) is 8.73. The number of hydrogen-bond donors (Lipinski definition) is 6. The number of carbonyl (C=O) groups is 1. The summed E-state index contributed by atoms with van der Waals surface area (Å²) in [7, 11) is 1.20. The second-order valence-electron chi connectivity index (χ2n) is 9.84. The van der Waals surface area contributed by atoms with Gasteiger partial charge in [0.05, 0.1) is 7.11 Å². The minimum atomic E-state index is -1.80. The average Bonchev–Trinajstić information content (AvgIpc) is 3.00. The fraction of sp³-hybridized carbons (Fsp3) is 0.226. The fourth-order valence-electron chi connectivity index (χ4n) is 4.55. The van der Waals surface area contributed by atoms with Crippen LogP contribution in [0.15, 0.2) is 76.0 Å². The van der Waals surface area contributed by atoms with Crippen molar-refractivity contribution >= 4 is 23.0 Å². The zero-order valence-electron chi connectivity index (χ0n) is 23.1. The fourth-order valence-corrected chi connectivity index (χ4v) is 4.55. The van der Waals surface area contributed by atoms with E-state index >= 15 is 0 Å². The topological polar surface area (TPSA) is 206 Å². The van der Waals surface area contributed by atoms with Crippen molar-refractivity contribution < 1.29 is 58.8 Å². The van der Waals surface area contributed by atoms with Crippen LogP contribution >= 0.6 is 0 Å². The number of ether oxygens (including phenoxy) is 4. The van der Waals surface area contributed by atoms with Crippen LogP contribution in [0.1, 0.15) is 5.56 Å². The minimum absolute atomic E-state index is 0.00640. The van der Waals surface area contributed by atoms with Crippen molar-refractivity contribution in [1.29, 1.82) is 0 Å². The molecule has 5 rings (SSSR count). The molecule has 44 heavy (non-hydrogen) atoms. The molecule has 2 heterocycles. The second kappa shape index (κ2) is 12.7. The maximum absolute atomic E-state index is 12.9. The molecule has 230 valence electrons. The highest BCUT2D eigenvalue weighted by Crippen LogP contribution is 2.43. The van der Waals surface area contributed by atoms with Crippen molar-refractivity contribution in [3.63, 3.8) is 0 Å². The number of phenols is 3. The first-order valence-corrected chi connectivity index (χ1v) is 13.2. The molecule has 6 N–H and O–H groups in total. The molecule has 4 aromatic rings. The molecule has 0 bridgehead atoms. The first kappa shape index (κ1) is 30.4. The van der Waals surface area contributed by atoms with Gasteiger partial charge in [0.15, 0.2) is 16.9 Å². The standard InChI is InChI=1S/C31H28O13/c1-40-30-22(13-21-25(27(30)37)19(34)12-20(42-21)16-5-9-18(33)10-6-16)43-31-29(39)28(38)26(36)23(44-31)14-41-24(35)11-4-15-2-7-17(32)8-3-15/h2-13,23,26,28-29,31-33,36-39H,14H2,1H3/b11-4-/t23-,26+,28+,29-,31-/m0/s1. The van der Waals surface area contributed by atoms with Gasteiger partial charge in [-0.3, -0.25) is 4.79 Å². The first-order chi connectivity index (χ1) is 21.0. The van der Waals surface area contributed by atoms with E-state index in [-0.39, 0.29) is 39.7 Å². The third-order valence-corrected chi connectivity index (χ3v) is 6.88. The highest BCUT2D eigenvalue weighted by Gasteiger charge is 2.46. The number of methoxy groups -OCH3 is 1. The normalized spacial score (nSPS) is 21.8. The van der Waals surface area contributed by atoms with E-state index in [0.717, 1.165) is 12.1 Å². The summed E-state index contributed by atoms with van der Waals surface area (Å²) < 4.78 is 27.6. The molecule has 1 aliphatic rings. The molecular formula is C31H28O13. The number of phenolic OH excluding ortho intramolecular Hbond substituents is 3. The zero-order valence-corrected chi connectivity index (χ0v) is 23.1. The minimum Gasteiger partial charge on any atom is -0.508 e. The van der Waals surface area contributed by atoms with E-state index in [9.17, 15) is 40.2 Å². The predicted octanol–water partition coefficient (Wildman–Crippen LogP) is 2.03. The SMILES string of the molecule is COc1c(O[C@H]2O[C@@H](COC(=O)/C=C\c3ccc(O)cc3)[C@@H](O)[C@@H](O)[C@@H]2O)cc2oc(-c3ccc(O)cc3)cc(=O)c2c1O. The molecule has 0 aliphatic carbocycles. The number of hydrogen-bond acceptors (Lipinski definition) is 13. The van der Waals surface area contributed by atoms with Crippen molar-refractivity contribution in [1.82, 2.24) is 0 Å². The molecule has 1 fully saturated rings. The molecule has 1 aromatic heterocycles. The van der Waals surface area contributed by atoms with E-state index in [4.69, 9.17) is 23.4 Å². The molecule has 13 nitrogen and oxygen atoms in total. The molecule has 0 spiro atoms. The van der Waals surface area contributed by atoms with Crippen LogP contribution in [-0.2, 0) is 14.3 Å². The van der Waals surface area contributed by atoms with E-state index in [1.165, 1.54) is 55.7 Å². The van der Waals surface area contributed by atoms with Gasteiger partial charge >= 0.3 is 5.97 Å². The second-order valence-corrected chi connectivity index (χ2v) is 9.84. The van der Waals surface area contributed by atoms with Crippen LogP contribution < -0.4 is 14.9 Å². The van der Waals surface area contributed by atoms with Gasteiger partial charge in [0.1, 0.15) is 59.3 Å². The van der Waals surface area contributed by atoms with Gasteiger partial charge in [0, 0.05) is 23.8 Å². The zero-order chi connectivity index (χ0) is 31.5. The van der Waals surface area contributed by atoms with Crippen LogP contribution in [0.5, 0.6) is 28.7 Å². The van der Waals surface area contributed by atoms with Gasteiger partial charge in [0.25, 0.3) is 0 Å². The van der Waals surface area contributed by atoms with E-state index in [1.807, 2.05) is 0 Å². The van der Waals surface area contributed by atoms with Crippen LogP contribution in [0.4, 0.5) is 0 Å². The number of carbonyl (C=O) groups excluding carboxylic acids is 1. The number of aliphatic hydroxyl groups is 3. The molecule has 13 heteroatoms. The number of rotatable bonds is 8. The lowest BCUT2D eigenvalue weighted by molar-refractivity contribution is -0.278. The van der Waals surface area contributed by atoms with E-state index in [2.05, 4.69) is 0 Å². The maximum atomic E-state index is 12.9. The molecule has 0 radical (unpaired) electrons.